The topological polar surface area (TPSA) is 61.9 Å². The van der Waals surface area contributed by atoms with E-state index in [-0.39, 0.29) is 0 Å². The first-order valence-corrected chi connectivity index (χ1v) is 7.16. The van der Waals surface area contributed by atoms with E-state index in [0.29, 0.717) is 15.7 Å². The van der Waals surface area contributed by atoms with Crippen molar-refractivity contribution in [2.75, 3.05) is 7.11 Å². The molecule has 0 saturated heterocycles. The fourth-order valence-electron chi connectivity index (χ4n) is 2.17. The van der Waals surface area contributed by atoms with E-state index < -0.39 is 23.1 Å². The van der Waals surface area contributed by atoms with Gasteiger partial charge in [-0.1, -0.05) is 24.3 Å². The average Bonchev–Trinajstić information content (AvgIpc) is 2.54. The number of hydrogen-bond acceptors (Lipinski definition) is 3. The monoisotopic (exact) mass is 337 g/mol. The van der Waals surface area contributed by atoms with E-state index in [1.165, 1.54) is 6.07 Å². The normalized spacial score (nSPS) is 12.2. The quantitative estimate of drug-likeness (QED) is 0.647. The second-order valence-electron chi connectivity index (χ2n) is 5.81. The molecule has 0 amide bonds. The smallest absolute Gasteiger partial charge is 0.374 e. The lowest BCUT2D eigenvalue weighted by molar-refractivity contribution is -0.0626. The number of methoxy groups -OCH3 is 1. The van der Waals surface area contributed by atoms with Crippen molar-refractivity contribution in [1.82, 2.24) is 4.57 Å². The fraction of sp³-hybridized carbons (Fsp3) is 0.294. The Bertz CT molecular complexity index is 805. The largest absolute Gasteiger partial charge is 0.449 e. The van der Waals surface area contributed by atoms with Crippen molar-refractivity contribution in [3.63, 3.8) is 0 Å². The van der Waals surface area contributed by atoms with Crippen LogP contribution in [0.1, 0.15) is 19.4 Å². The Morgan fingerprint density at radius 1 is 1.00 bits per heavy atom. The molecule has 4 nitrogen and oxygen atoms in total. The minimum absolute atomic E-state index is 0.404. The SMILES string of the molecule is COC(C)(C)c1ccc(-c2ccc(=N)n(C(=N)C(F)(F)F)c2)cc1. The maximum absolute atomic E-state index is 12.7. The molecule has 128 valence electrons. The molecule has 0 saturated carbocycles. The zero-order chi connectivity index (χ0) is 18.1. The average molecular weight is 337 g/mol. The first-order valence-electron chi connectivity index (χ1n) is 7.16. The van der Waals surface area contributed by atoms with Gasteiger partial charge in [-0.05, 0) is 42.7 Å². The summed E-state index contributed by atoms with van der Waals surface area (Å²) >= 11 is 0. The van der Waals surface area contributed by atoms with Crippen molar-refractivity contribution in [3.8, 4) is 11.1 Å². The summed E-state index contributed by atoms with van der Waals surface area (Å²) in [4.78, 5) is 0. The Hall–Kier alpha value is -2.41. The van der Waals surface area contributed by atoms with E-state index in [4.69, 9.17) is 15.6 Å². The molecular weight excluding hydrogens is 319 g/mol. The van der Waals surface area contributed by atoms with Crippen LogP contribution in [0.15, 0.2) is 42.6 Å². The molecule has 0 fully saturated rings. The summed E-state index contributed by atoms with van der Waals surface area (Å²) in [5.74, 6) is -1.59. The van der Waals surface area contributed by atoms with E-state index >= 15 is 0 Å². The van der Waals surface area contributed by atoms with Crippen molar-refractivity contribution in [2.45, 2.75) is 25.6 Å². The van der Waals surface area contributed by atoms with Crippen molar-refractivity contribution in [1.29, 1.82) is 10.8 Å². The molecule has 0 radical (unpaired) electrons. The number of halogens is 3. The van der Waals surface area contributed by atoms with Crippen LogP contribution in [-0.4, -0.2) is 23.7 Å². The lowest BCUT2D eigenvalue weighted by Gasteiger charge is -2.23. The maximum atomic E-state index is 12.7. The predicted molar refractivity (Wildman–Crippen MR) is 84.9 cm³/mol. The van der Waals surface area contributed by atoms with Crippen LogP contribution in [0.25, 0.3) is 11.1 Å². The van der Waals surface area contributed by atoms with Crippen LogP contribution in [0.3, 0.4) is 0 Å². The number of hydrogen-bond donors (Lipinski definition) is 2. The number of ether oxygens (including phenoxy) is 1. The second kappa shape index (κ2) is 6.24. The van der Waals surface area contributed by atoms with E-state index in [9.17, 15) is 13.2 Å². The molecule has 0 aliphatic carbocycles. The molecule has 1 aromatic carbocycles. The molecule has 0 unspecified atom stereocenters. The summed E-state index contributed by atoms with van der Waals surface area (Å²) in [7, 11) is 1.60. The first kappa shape index (κ1) is 17.9. The van der Waals surface area contributed by atoms with Gasteiger partial charge in [-0.25, -0.2) is 0 Å². The third-order valence-corrected chi connectivity index (χ3v) is 3.88. The first-order chi connectivity index (χ1) is 11.1. The number of pyridine rings is 1. The lowest BCUT2D eigenvalue weighted by Crippen LogP contribution is -2.36. The highest BCUT2D eigenvalue weighted by Crippen LogP contribution is 2.27. The second-order valence-corrected chi connectivity index (χ2v) is 5.81. The Morgan fingerprint density at radius 2 is 1.54 bits per heavy atom. The molecule has 1 aromatic heterocycles. The fourth-order valence-corrected chi connectivity index (χ4v) is 2.17. The molecule has 2 N–H and O–H groups in total. The maximum Gasteiger partial charge on any atom is 0.449 e. The third-order valence-electron chi connectivity index (χ3n) is 3.88. The van der Waals surface area contributed by atoms with E-state index in [1.807, 2.05) is 26.0 Å². The van der Waals surface area contributed by atoms with E-state index in [2.05, 4.69) is 0 Å². The van der Waals surface area contributed by atoms with E-state index in [0.717, 1.165) is 11.8 Å². The highest BCUT2D eigenvalue weighted by molar-refractivity contribution is 5.87. The van der Waals surface area contributed by atoms with Gasteiger partial charge in [-0.2, -0.15) is 13.2 Å². The number of alkyl halides is 3. The molecule has 0 bridgehead atoms. The molecule has 0 aliphatic rings. The van der Waals surface area contributed by atoms with Crippen molar-refractivity contribution in [2.24, 2.45) is 0 Å². The summed E-state index contributed by atoms with van der Waals surface area (Å²) in [6.07, 6.45) is -3.67. The molecule has 7 heteroatoms. The molecule has 0 spiro atoms. The van der Waals surface area contributed by atoms with Crippen LogP contribution < -0.4 is 5.49 Å². The number of aromatic nitrogens is 1. The zero-order valence-electron chi connectivity index (χ0n) is 13.5. The van der Waals surface area contributed by atoms with Crippen LogP contribution in [0.2, 0.25) is 0 Å². The number of rotatable bonds is 3. The van der Waals surface area contributed by atoms with Gasteiger partial charge in [0, 0.05) is 13.3 Å². The van der Waals surface area contributed by atoms with Gasteiger partial charge in [0.15, 0.2) is 0 Å². The van der Waals surface area contributed by atoms with Crippen LogP contribution in [0.4, 0.5) is 13.2 Å². The highest BCUT2D eigenvalue weighted by atomic mass is 19.4. The molecule has 24 heavy (non-hydrogen) atoms. The van der Waals surface area contributed by atoms with Gasteiger partial charge in [0.25, 0.3) is 0 Å². The summed E-state index contributed by atoms with van der Waals surface area (Å²) in [6.45, 7) is 3.82. The minimum Gasteiger partial charge on any atom is -0.374 e. The van der Waals surface area contributed by atoms with Crippen LogP contribution >= 0.6 is 0 Å². The lowest BCUT2D eigenvalue weighted by atomic mass is 9.95. The van der Waals surface area contributed by atoms with Crippen LogP contribution in [0, 0.1) is 10.8 Å². The van der Waals surface area contributed by atoms with Gasteiger partial charge in [-0.15, -0.1) is 0 Å². The van der Waals surface area contributed by atoms with Gasteiger partial charge < -0.3 is 4.74 Å². The van der Waals surface area contributed by atoms with Gasteiger partial charge >= 0.3 is 6.18 Å². The van der Waals surface area contributed by atoms with Crippen molar-refractivity contribution in [3.05, 3.63) is 53.6 Å². The zero-order valence-corrected chi connectivity index (χ0v) is 13.5. The van der Waals surface area contributed by atoms with Crippen molar-refractivity contribution < 1.29 is 17.9 Å². The highest BCUT2D eigenvalue weighted by Gasteiger charge is 2.36. The Kier molecular flexibility index (Phi) is 4.66. The summed E-state index contributed by atoms with van der Waals surface area (Å²) < 4.78 is 44.1. The van der Waals surface area contributed by atoms with Crippen LogP contribution in [0.5, 0.6) is 0 Å². The van der Waals surface area contributed by atoms with Crippen LogP contribution in [-0.2, 0) is 10.3 Å². The predicted octanol–water partition coefficient (Wildman–Crippen LogP) is 3.90. The minimum atomic E-state index is -4.81. The van der Waals surface area contributed by atoms with Gasteiger partial charge in [0.05, 0.1) is 5.60 Å². The van der Waals surface area contributed by atoms with Gasteiger partial charge in [0.1, 0.15) is 5.49 Å². The van der Waals surface area contributed by atoms with Gasteiger partial charge in [-0.3, -0.25) is 15.4 Å². The molecule has 2 aromatic rings. The molecule has 1 heterocycles. The van der Waals surface area contributed by atoms with Crippen molar-refractivity contribution >= 4 is 5.84 Å². The Labute approximate surface area is 137 Å². The summed E-state index contributed by atoms with van der Waals surface area (Å²) in [6, 6.07) is 10.0. The number of benzene rings is 1. The summed E-state index contributed by atoms with van der Waals surface area (Å²) in [5, 5.41) is 14.8. The molecule has 2 rings (SSSR count). The summed E-state index contributed by atoms with van der Waals surface area (Å²) in [5.41, 5.74) is 1.23. The number of nitrogens with zero attached hydrogens (tertiary/aromatic N) is 1. The number of nitrogens with one attached hydrogen (secondary N) is 2. The molecular formula is C17H18F3N3O. The molecule has 0 atom stereocenters. The third kappa shape index (κ3) is 3.56. The Morgan fingerprint density at radius 3 is 2.04 bits per heavy atom. The standard InChI is InChI=1S/C17H18F3N3O/c1-16(2,24-3)13-7-4-11(5-8-13)12-6-9-14(21)23(10-12)15(22)17(18,19)20/h4-10,21-22H,1-3H3. The Balaban J connectivity index is 2.44. The van der Waals surface area contributed by atoms with Gasteiger partial charge in [0.2, 0.25) is 5.84 Å². The van der Waals surface area contributed by atoms with E-state index in [1.54, 1.807) is 25.3 Å². The molecule has 0 aliphatic heterocycles.